The number of rotatable bonds is 4. The lowest BCUT2D eigenvalue weighted by molar-refractivity contribution is -0.143. The monoisotopic (exact) mass is 277 g/mol. The number of aromatic nitrogens is 1. The van der Waals surface area contributed by atoms with Gasteiger partial charge in [-0.05, 0) is 26.0 Å². The molecule has 0 N–H and O–H groups in total. The number of hydrogen-bond donors (Lipinski definition) is 0. The Kier molecular flexibility index (Phi) is 5.09. The van der Waals surface area contributed by atoms with Crippen LogP contribution in [0.3, 0.4) is 0 Å². The molecular formula is C15H23N3O2. The van der Waals surface area contributed by atoms with E-state index in [-0.39, 0.29) is 18.1 Å². The minimum Gasteiger partial charge on any atom is -0.372 e. The van der Waals surface area contributed by atoms with Crippen LogP contribution < -0.4 is 0 Å². The zero-order valence-electron chi connectivity index (χ0n) is 12.5. The molecule has 0 saturated carbocycles. The highest BCUT2D eigenvalue weighted by molar-refractivity contribution is 5.80. The van der Waals surface area contributed by atoms with E-state index in [1.165, 1.54) is 0 Å². The summed E-state index contributed by atoms with van der Waals surface area (Å²) < 4.78 is 5.09. The second kappa shape index (κ2) is 6.81. The first-order valence-corrected chi connectivity index (χ1v) is 7.10. The number of nitrogens with zero attached hydrogens (tertiary/aromatic N) is 3. The van der Waals surface area contributed by atoms with E-state index in [9.17, 15) is 4.79 Å². The number of carbonyl (C=O) groups excluding carboxylic acids is 1. The maximum Gasteiger partial charge on any atom is 0.251 e. The van der Waals surface area contributed by atoms with Crippen molar-refractivity contribution < 1.29 is 9.53 Å². The van der Waals surface area contributed by atoms with Gasteiger partial charge in [-0.25, -0.2) is 0 Å². The molecule has 1 aliphatic heterocycles. The Hall–Kier alpha value is -1.46. The Morgan fingerprint density at radius 1 is 1.25 bits per heavy atom. The molecule has 0 aromatic carbocycles. The Balaban J connectivity index is 1.90. The van der Waals surface area contributed by atoms with Crippen LogP contribution in [0.15, 0.2) is 24.4 Å². The van der Waals surface area contributed by atoms with Crippen molar-refractivity contribution in [2.45, 2.75) is 26.0 Å². The molecule has 0 aliphatic carbocycles. The molecule has 0 unspecified atom stereocenters. The summed E-state index contributed by atoms with van der Waals surface area (Å²) in [5.41, 5.74) is 1.08. The number of methoxy groups -OCH3 is 1. The van der Waals surface area contributed by atoms with Crippen LogP contribution in [0.2, 0.25) is 0 Å². The van der Waals surface area contributed by atoms with Gasteiger partial charge in [-0.15, -0.1) is 0 Å². The summed E-state index contributed by atoms with van der Waals surface area (Å²) in [7, 11) is 1.57. The van der Waals surface area contributed by atoms with Crippen LogP contribution in [-0.4, -0.2) is 60.1 Å². The van der Waals surface area contributed by atoms with Crippen LogP contribution in [0.5, 0.6) is 0 Å². The predicted octanol–water partition coefficient (Wildman–Crippen LogP) is 1.32. The van der Waals surface area contributed by atoms with Gasteiger partial charge in [0.05, 0.1) is 5.69 Å². The molecule has 0 bridgehead atoms. The summed E-state index contributed by atoms with van der Waals surface area (Å²) in [5, 5.41) is 0. The quantitative estimate of drug-likeness (QED) is 0.833. The van der Waals surface area contributed by atoms with Gasteiger partial charge in [0.15, 0.2) is 0 Å². The molecule has 2 rings (SSSR count). The van der Waals surface area contributed by atoms with Crippen LogP contribution in [0, 0.1) is 0 Å². The lowest BCUT2D eigenvalue weighted by Gasteiger charge is -2.38. The van der Waals surface area contributed by atoms with Gasteiger partial charge in [-0.1, -0.05) is 6.07 Å². The van der Waals surface area contributed by atoms with Crippen molar-refractivity contribution >= 4 is 5.91 Å². The molecule has 1 aromatic heterocycles. The zero-order chi connectivity index (χ0) is 14.5. The van der Waals surface area contributed by atoms with E-state index < -0.39 is 0 Å². The fourth-order valence-corrected chi connectivity index (χ4v) is 2.50. The van der Waals surface area contributed by atoms with Crippen LogP contribution in [0.25, 0.3) is 0 Å². The molecule has 0 radical (unpaired) electrons. The van der Waals surface area contributed by atoms with E-state index in [0.717, 1.165) is 31.9 Å². The van der Waals surface area contributed by atoms with Crippen molar-refractivity contribution in [2.24, 2.45) is 0 Å². The summed E-state index contributed by atoms with van der Waals surface area (Å²) in [6.45, 7) is 7.22. The predicted molar refractivity (Wildman–Crippen MR) is 77.3 cm³/mol. The standard InChI is InChI=1S/C15H23N3O2/c1-12(14-6-4-5-7-16-14)17-8-10-18(11-9-17)15(19)13(2)20-3/h4-7,12-13H,8-11H2,1-3H3/t12-,13-/m1/s1. The summed E-state index contributed by atoms with van der Waals surface area (Å²) in [4.78, 5) is 20.7. The number of amides is 1. The maximum absolute atomic E-state index is 12.0. The first-order chi connectivity index (χ1) is 9.63. The highest BCUT2D eigenvalue weighted by atomic mass is 16.5. The molecule has 2 heterocycles. The maximum atomic E-state index is 12.0. The van der Waals surface area contributed by atoms with Gasteiger partial charge in [0.2, 0.25) is 0 Å². The number of hydrogen-bond acceptors (Lipinski definition) is 4. The molecule has 1 fully saturated rings. The fourth-order valence-electron chi connectivity index (χ4n) is 2.50. The third-order valence-electron chi connectivity index (χ3n) is 3.99. The molecule has 5 heteroatoms. The van der Waals surface area contributed by atoms with E-state index in [1.807, 2.05) is 23.2 Å². The van der Waals surface area contributed by atoms with Crippen molar-refractivity contribution in [3.05, 3.63) is 30.1 Å². The second-order valence-electron chi connectivity index (χ2n) is 5.17. The van der Waals surface area contributed by atoms with E-state index in [1.54, 1.807) is 14.0 Å². The lowest BCUT2D eigenvalue weighted by Crippen LogP contribution is -2.51. The van der Waals surface area contributed by atoms with Gasteiger partial charge in [0.25, 0.3) is 5.91 Å². The number of piperazine rings is 1. The molecule has 5 nitrogen and oxygen atoms in total. The smallest absolute Gasteiger partial charge is 0.251 e. The minimum atomic E-state index is -0.352. The van der Waals surface area contributed by atoms with Crippen molar-refractivity contribution in [1.82, 2.24) is 14.8 Å². The van der Waals surface area contributed by atoms with Crippen molar-refractivity contribution in [2.75, 3.05) is 33.3 Å². The molecule has 20 heavy (non-hydrogen) atoms. The highest BCUT2D eigenvalue weighted by Gasteiger charge is 2.27. The molecule has 110 valence electrons. The molecule has 1 aromatic rings. The molecule has 1 saturated heterocycles. The number of pyridine rings is 1. The van der Waals surface area contributed by atoms with Crippen molar-refractivity contribution in [1.29, 1.82) is 0 Å². The highest BCUT2D eigenvalue weighted by Crippen LogP contribution is 2.19. The van der Waals surface area contributed by atoms with Gasteiger partial charge < -0.3 is 9.64 Å². The van der Waals surface area contributed by atoms with E-state index in [0.29, 0.717) is 0 Å². The Labute approximate surface area is 120 Å². The fraction of sp³-hybridized carbons (Fsp3) is 0.600. The average molecular weight is 277 g/mol. The summed E-state index contributed by atoms with van der Waals surface area (Å²) >= 11 is 0. The third kappa shape index (κ3) is 3.35. The number of ether oxygens (including phenoxy) is 1. The number of carbonyl (C=O) groups is 1. The first kappa shape index (κ1) is 14.9. The lowest BCUT2D eigenvalue weighted by atomic mass is 10.1. The van der Waals surface area contributed by atoms with Crippen molar-refractivity contribution in [3.8, 4) is 0 Å². The first-order valence-electron chi connectivity index (χ1n) is 7.10. The van der Waals surface area contributed by atoms with Crippen LogP contribution in [-0.2, 0) is 9.53 Å². The topological polar surface area (TPSA) is 45.7 Å². The Morgan fingerprint density at radius 3 is 2.50 bits per heavy atom. The average Bonchev–Trinajstić information content (AvgIpc) is 2.53. The Bertz CT molecular complexity index is 430. The van der Waals surface area contributed by atoms with Gasteiger partial charge >= 0.3 is 0 Å². The molecule has 1 amide bonds. The normalized spacial score (nSPS) is 19.6. The Morgan fingerprint density at radius 2 is 1.95 bits per heavy atom. The third-order valence-corrected chi connectivity index (χ3v) is 3.99. The van der Waals surface area contributed by atoms with Gasteiger partial charge in [-0.2, -0.15) is 0 Å². The summed E-state index contributed by atoms with van der Waals surface area (Å²) in [5.74, 6) is 0.0811. The van der Waals surface area contributed by atoms with Crippen LogP contribution >= 0.6 is 0 Å². The van der Waals surface area contributed by atoms with Crippen LogP contribution in [0.4, 0.5) is 0 Å². The molecule has 0 spiro atoms. The van der Waals surface area contributed by atoms with E-state index in [2.05, 4.69) is 22.9 Å². The van der Waals surface area contributed by atoms with Gasteiger partial charge in [0, 0.05) is 45.5 Å². The van der Waals surface area contributed by atoms with Crippen LogP contribution in [0.1, 0.15) is 25.6 Å². The largest absolute Gasteiger partial charge is 0.372 e. The van der Waals surface area contributed by atoms with Gasteiger partial charge in [-0.3, -0.25) is 14.7 Å². The van der Waals surface area contributed by atoms with Crippen molar-refractivity contribution in [3.63, 3.8) is 0 Å². The van der Waals surface area contributed by atoms with E-state index >= 15 is 0 Å². The molecule has 1 aliphatic rings. The SMILES string of the molecule is CO[C@H](C)C(=O)N1CCN([C@H](C)c2ccccn2)CC1. The molecular weight excluding hydrogens is 254 g/mol. The van der Waals surface area contributed by atoms with Gasteiger partial charge in [0.1, 0.15) is 6.10 Å². The summed E-state index contributed by atoms with van der Waals surface area (Å²) in [6.07, 6.45) is 1.47. The van der Waals surface area contributed by atoms with E-state index in [4.69, 9.17) is 4.74 Å². The minimum absolute atomic E-state index is 0.0811. The zero-order valence-corrected chi connectivity index (χ0v) is 12.5. The second-order valence-corrected chi connectivity index (χ2v) is 5.17. The molecule has 2 atom stereocenters. The summed E-state index contributed by atoms with van der Waals surface area (Å²) in [6, 6.07) is 6.28.